The van der Waals surface area contributed by atoms with Gasteiger partial charge in [-0.3, -0.25) is 9.48 Å². The lowest BCUT2D eigenvalue weighted by atomic mass is 10.3. The van der Waals surface area contributed by atoms with Crippen LogP contribution in [-0.2, 0) is 4.79 Å². The van der Waals surface area contributed by atoms with Gasteiger partial charge in [-0.05, 0) is 13.0 Å². The number of amides is 1. The number of aromatic nitrogens is 2. The van der Waals surface area contributed by atoms with Crippen molar-refractivity contribution < 1.29 is 4.79 Å². The molecule has 5 heteroatoms. The average molecular weight is 225 g/mol. The zero-order valence-corrected chi connectivity index (χ0v) is 9.61. The molecule has 82 valence electrons. The van der Waals surface area contributed by atoms with E-state index in [1.807, 2.05) is 35.8 Å². The fourth-order valence-corrected chi connectivity index (χ4v) is 2.57. The first-order valence-corrected chi connectivity index (χ1v) is 6.30. The number of nitrogens with zero attached hydrogens (tertiary/aromatic N) is 3. The van der Waals surface area contributed by atoms with E-state index in [0.29, 0.717) is 0 Å². The van der Waals surface area contributed by atoms with Gasteiger partial charge in [0.05, 0.1) is 0 Å². The summed E-state index contributed by atoms with van der Waals surface area (Å²) in [6.45, 7) is 3.64. The van der Waals surface area contributed by atoms with Gasteiger partial charge in [0.25, 0.3) is 0 Å². The fourth-order valence-electron chi connectivity index (χ4n) is 1.67. The van der Waals surface area contributed by atoms with E-state index in [-0.39, 0.29) is 11.9 Å². The van der Waals surface area contributed by atoms with Crippen molar-refractivity contribution in [2.75, 3.05) is 24.6 Å². The van der Waals surface area contributed by atoms with Crippen molar-refractivity contribution in [2.45, 2.75) is 13.0 Å². The van der Waals surface area contributed by atoms with Crippen molar-refractivity contribution in [1.29, 1.82) is 0 Å². The van der Waals surface area contributed by atoms with Gasteiger partial charge < -0.3 is 4.90 Å². The van der Waals surface area contributed by atoms with Gasteiger partial charge in [-0.1, -0.05) is 0 Å². The number of carbonyl (C=O) groups is 1. The zero-order valence-electron chi connectivity index (χ0n) is 8.80. The number of rotatable bonds is 2. The van der Waals surface area contributed by atoms with Gasteiger partial charge in [-0.15, -0.1) is 0 Å². The van der Waals surface area contributed by atoms with Crippen LogP contribution in [0.25, 0.3) is 0 Å². The van der Waals surface area contributed by atoms with Crippen molar-refractivity contribution in [1.82, 2.24) is 14.7 Å². The molecule has 1 aromatic heterocycles. The number of carbonyl (C=O) groups excluding carboxylic acids is 1. The summed E-state index contributed by atoms with van der Waals surface area (Å²) in [6, 6.07) is 1.67. The lowest BCUT2D eigenvalue weighted by molar-refractivity contribution is -0.134. The zero-order chi connectivity index (χ0) is 10.7. The van der Waals surface area contributed by atoms with E-state index >= 15 is 0 Å². The highest BCUT2D eigenvalue weighted by Gasteiger charge is 2.23. The molecule has 0 unspecified atom stereocenters. The molecule has 0 aliphatic carbocycles. The van der Waals surface area contributed by atoms with Crippen molar-refractivity contribution in [2.24, 2.45) is 0 Å². The molecular weight excluding hydrogens is 210 g/mol. The van der Waals surface area contributed by atoms with Gasteiger partial charge >= 0.3 is 0 Å². The molecular formula is C10H15N3OS. The highest BCUT2D eigenvalue weighted by atomic mass is 32.2. The third-order valence-electron chi connectivity index (χ3n) is 2.60. The van der Waals surface area contributed by atoms with Crippen LogP contribution in [0.5, 0.6) is 0 Å². The summed E-state index contributed by atoms with van der Waals surface area (Å²) in [5, 5.41) is 4.10. The lowest BCUT2D eigenvalue weighted by Crippen LogP contribution is -2.41. The maximum atomic E-state index is 12.1. The molecule has 1 aliphatic rings. The predicted octanol–water partition coefficient (Wildman–Crippen LogP) is 1.02. The molecule has 0 spiro atoms. The molecule has 0 N–H and O–H groups in total. The van der Waals surface area contributed by atoms with E-state index in [2.05, 4.69) is 5.10 Å². The standard InChI is InChI=1S/C10H15N3OS/c1-9(13-4-2-3-11-13)10(14)12-5-7-15-8-6-12/h2-4,9H,5-8H2,1H3/t9-/m1/s1. The third kappa shape index (κ3) is 2.34. The van der Waals surface area contributed by atoms with Gasteiger partial charge in [0.2, 0.25) is 5.91 Å². The minimum atomic E-state index is -0.178. The molecule has 0 bridgehead atoms. The lowest BCUT2D eigenvalue weighted by Gasteiger charge is -2.28. The second kappa shape index (κ2) is 4.70. The minimum Gasteiger partial charge on any atom is -0.339 e. The van der Waals surface area contributed by atoms with Crippen LogP contribution in [0.15, 0.2) is 18.5 Å². The van der Waals surface area contributed by atoms with Crippen LogP contribution in [0.4, 0.5) is 0 Å². The average Bonchev–Trinajstić information content (AvgIpc) is 2.82. The molecule has 2 rings (SSSR count). The van der Waals surface area contributed by atoms with Crippen LogP contribution < -0.4 is 0 Å². The molecule has 15 heavy (non-hydrogen) atoms. The van der Waals surface area contributed by atoms with Crippen LogP contribution in [0.1, 0.15) is 13.0 Å². The van der Waals surface area contributed by atoms with E-state index in [0.717, 1.165) is 24.6 Å². The molecule has 1 amide bonds. The van der Waals surface area contributed by atoms with Crippen LogP contribution in [0, 0.1) is 0 Å². The molecule has 1 saturated heterocycles. The van der Waals surface area contributed by atoms with Gasteiger partial charge in [0.1, 0.15) is 6.04 Å². The maximum absolute atomic E-state index is 12.1. The first-order valence-electron chi connectivity index (χ1n) is 5.14. The van der Waals surface area contributed by atoms with E-state index in [9.17, 15) is 4.79 Å². The topological polar surface area (TPSA) is 38.1 Å². The Labute approximate surface area is 93.6 Å². The Balaban J connectivity index is 2.00. The van der Waals surface area contributed by atoms with Crippen LogP contribution >= 0.6 is 11.8 Å². The Hall–Kier alpha value is -0.970. The summed E-state index contributed by atoms with van der Waals surface area (Å²) in [7, 11) is 0. The molecule has 1 fully saturated rings. The highest BCUT2D eigenvalue weighted by molar-refractivity contribution is 7.99. The van der Waals surface area contributed by atoms with Crippen LogP contribution in [0.3, 0.4) is 0 Å². The van der Waals surface area contributed by atoms with Gasteiger partial charge in [0.15, 0.2) is 0 Å². The highest BCUT2D eigenvalue weighted by Crippen LogP contribution is 2.14. The first kappa shape index (κ1) is 10.5. The Bertz CT molecular complexity index is 319. The van der Waals surface area contributed by atoms with Crippen molar-refractivity contribution in [3.63, 3.8) is 0 Å². The summed E-state index contributed by atoms with van der Waals surface area (Å²) in [6.07, 6.45) is 3.54. The number of hydrogen-bond donors (Lipinski definition) is 0. The van der Waals surface area contributed by atoms with Crippen molar-refractivity contribution in [3.05, 3.63) is 18.5 Å². The second-order valence-corrected chi connectivity index (χ2v) is 4.82. The number of hydrogen-bond acceptors (Lipinski definition) is 3. The Morgan fingerprint density at radius 2 is 2.20 bits per heavy atom. The maximum Gasteiger partial charge on any atom is 0.247 e. The summed E-state index contributed by atoms with van der Waals surface area (Å²) in [5.41, 5.74) is 0. The Morgan fingerprint density at radius 3 is 2.80 bits per heavy atom. The summed E-state index contributed by atoms with van der Waals surface area (Å²) in [5.74, 6) is 2.29. The molecule has 0 saturated carbocycles. The first-order chi connectivity index (χ1) is 7.29. The predicted molar refractivity (Wildman–Crippen MR) is 60.8 cm³/mol. The smallest absolute Gasteiger partial charge is 0.247 e. The largest absolute Gasteiger partial charge is 0.339 e. The molecule has 2 heterocycles. The Morgan fingerprint density at radius 1 is 1.47 bits per heavy atom. The van der Waals surface area contributed by atoms with E-state index < -0.39 is 0 Å². The molecule has 1 aliphatic heterocycles. The molecule has 4 nitrogen and oxygen atoms in total. The van der Waals surface area contributed by atoms with Crippen LogP contribution in [0.2, 0.25) is 0 Å². The van der Waals surface area contributed by atoms with Crippen molar-refractivity contribution in [3.8, 4) is 0 Å². The fraction of sp³-hybridized carbons (Fsp3) is 0.600. The Kier molecular flexibility index (Phi) is 3.30. The van der Waals surface area contributed by atoms with E-state index in [1.54, 1.807) is 10.9 Å². The quantitative estimate of drug-likeness (QED) is 0.754. The summed E-state index contributed by atoms with van der Waals surface area (Å²) >= 11 is 1.91. The summed E-state index contributed by atoms with van der Waals surface area (Å²) < 4.78 is 1.71. The van der Waals surface area contributed by atoms with Crippen molar-refractivity contribution >= 4 is 17.7 Å². The van der Waals surface area contributed by atoms with Gasteiger partial charge in [-0.2, -0.15) is 16.9 Å². The monoisotopic (exact) mass is 225 g/mol. The minimum absolute atomic E-state index is 0.178. The number of thioether (sulfide) groups is 1. The van der Waals surface area contributed by atoms with E-state index in [1.165, 1.54) is 0 Å². The second-order valence-electron chi connectivity index (χ2n) is 3.60. The molecule has 1 aromatic rings. The molecule has 1 atom stereocenters. The van der Waals surface area contributed by atoms with Crippen LogP contribution in [-0.4, -0.2) is 45.2 Å². The normalized spacial score (nSPS) is 18.9. The third-order valence-corrected chi connectivity index (χ3v) is 3.54. The summed E-state index contributed by atoms with van der Waals surface area (Å²) in [4.78, 5) is 14.0. The van der Waals surface area contributed by atoms with E-state index in [4.69, 9.17) is 0 Å². The van der Waals surface area contributed by atoms with Gasteiger partial charge in [-0.25, -0.2) is 0 Å². The SMILES string of the molecule is C[C@H](C(=O)N1CCSCC1)n1cccn1. The molecule has 0 aromatic carbocycles. The van der Waals surface area contributed by atoms with Gasteiger partial charge in [0, 0.05) is 37.0 Å². The molecule has 0 radical (unpaired) electrons.